The first-order valence-corrected chi connectivity index (χ1v) is 7.23. The van der Waals surface area contributed by atoms with Gasteiger partial charge in [0.25, 0.3) is 5.91 Å². The Morgan fingerprint density at radius 2 is 2.05 bits per heavy atom. The van der Waals surface area contributed by atoms with Crippen molar-refractivity contribution in [2.75, 3.05) is 0 Å². The first-order valence-electron chi connectivity index (χ1n) is 7.23. The van der Waals surface area contributed by atoms with E-state index in [1.54, 1.807) is 6.20 Å². The van der Waals surface area contributed by atoms with E-state index >= 15 is 0 Å². The number of carbonyl (C=O) groups excluding carboxylic acids is 1. The lowest BCUT2D eigenvalue weighted by atomic mass is 9.82. The molecule has 5 heteroatoms. The van der Waals surface area contributed by atoms with Crippen molar-refractivity contribution in [3.63, 3.8) is 0 Å². The van der Waals surface area contributed by atoms with Crippen LogP contribution in [0.5, 0.6) is 0 Å². The van der Waals surface area contributed by atoms with Crippen molar-refractivity contribution in [2.45, 2.75) is 38.0 Å². The van der Waals surface area contributed by atoms with Crippen LogP contribution >= 0.6 is 0 Å². The largest absolute Gasteiger partial charge is 0.366 e. The minimum absolute atomic E-state index is 0.0382. The Balaban J connectivity index is 1.87. The van der Waals surface area contributed by atoms with Crippen molar-refractivity contribution in [2.24, 2.45) is 11.7 Å². The quantitative estimate of drug-likeness (QED) is 0.891. The lowest BCUT2D eigenvalue weighted by Crippen LogP contribution is -2.25. The molecule has 2 aromatic rings. The van der Waals surface area contributed by atoms with Crippen LogP contribution in [0.3, 0.4) is 0 Å². The number of hydrogen-bond donors (Lipinski definition) is 2. The second-order valence-corrected chi connectivity index (χ2v) is 5.91. The Labute approximate surface area is 121 Å². The van der Waals surface area contributed by atoms with E-state index in [0.29, 0.717) is 24.8 Å². The Bertz CT molecular complexity index is 668. The van der Waals surface area contributed by atoms with Crippen LogP contribution in [0.15, 0.2) is 24.4 Å². The van der Waals surface area contributed by atoms with Gasteiger partial charge in [-0.3, -0.25) is 4.79 Å². The van der Waals surface area contributed by atoms with Gasteiger partial charge in [-0.25, -0.2) is 8.78 Å². The molecule has 1 aromatic carbocycles. The maximum atomic E-state index is 13.2. The van der Waals surface area contributed by atoms with Crippen molar-refractivity contribution in [1.29, 1.82) is 0 Å². The fourth-order valence-electron chi connectivity index (χ4n) is 3.24. The highest BCUT2D eigenvalue weighted by Crippen LogP contribution is 2.38. The number of fused-ring (bicyclic) bond motifs is 1. The number of benzene rings is 1. The number of primary amides is 1. The molecule has 1 amide bonds. The Morgan fingerprint density at radius 1 is 1.33 bits per heavy atom. The summed E-state index contributed by atoms with van der Waals surface area (Å²) in [7, 11) is 0. The molecule has 3 N–H and O–H groups in total. The van der Waals surface area contributed by atoms with Crippen LogP contribution < -0.4 is 5.73 Å². The molecule has 0 atom stereocenters. The van der Waals surface area contributed by atoms with Crippen molar-refractivity contribution >= 4 is 16.8 Å². The number of nitrogens with one attached hydrogen (secondary N) is 1. The fraction of sp³-hybridized carbons (Fsp3) is 0.438. The van der Waals surface area contributed by atoms with Gasteiger partial charge < -0.3 is 10.7 Å². The van der Waals surface area contributed by atoms with E-state index in [2.05, 4.69) is 4.98 Å². The van der Waals surface area contributed by atoms with Gasteiger partial charge in [-0.1, -0.05) is 12.1 Å². The summed E-state index contributed by atoms with van der Waals surface area (Å²) in [6.07, 6.45) is 3.31. The zero-order valence-electron chi connectivity index (χ0n) is 11.7. The molecule has 1 aromatic heterocycles. The van der Waals surface area contributed by atoms with E-state index in [9.17, 15) is 13.6 Å². The first-order chi connectivity index (χ1) is 9.96. The predicted molar refractivity (Wildman–Crippen MR) is 77.4 cm³/mol. The fourth-order valence-corrected chi connectivity index (χ4v) is 3.24. The van der Waals surface area contributed by atoms with Crippen LogP contribution in [0.25, 0.3) is 10.9 Å². The van der Waals surface area contributed by atoms with E-state index < -0.39 is 11.8 Å². The normalized spacial score (nSPS) is 19.0. The molecule has 0 spiro atoms. The number of aromatic amines is 1. The highest BCUT2D eigenvalue weighted by molar-refractivity contribution is 6.07. The number of carbonyl (C=O) groups is 1. The van der Waals surface area contributed by atoms with Crippen LogP contribution in [0.1, 0.15) is 41.6 Å². The second-order valence-electron chi connectivity index (χ2n) is 5.91. The summed E-state index contributed by atoms with van der Waals surface area (Å²) < 4.78 is 26.4. The van der Waals surface area contributed by atoms with Gasteiger partial charge in [-0.05, 0) is 36.8 Å². The number of rotatable bonds is 3. The number of hydrogen-bond acceptors (Lipinski definition) is 1. The molecule has 1 aliphatic carbocycles. The molecule has 0 radical (unpaired) electrons. The summed E-state index contributed by atoms with van der Waals surface area (Å²) >= 11 is 0. The molecule has 0 aliphatic heterocycles. The molecule has 1 heterocycles. The number of H-pyrrole nitrogens is 1. The van der Waals surface area contributed by atoms with Crippen LogP contribution in [0, 0.1) is 5.92 Å². The molecule has 1 aliphatic rings. The molecule has 112 valence electrons. The third-order valence-corrected chi connectivity index (χ3v) is 4.40. The predicted octanol–water partition coefficient (Wildman–Crippen LogP) is 3.63. The molecular weight excluding hydrogens is 274 g/mol. The lowest BCUT2D eigenvalue weighted by molar-refractivity contribution is -0.0456. The summed E-state index contributed by atoms with van der Waals surface area (Å²) in [5.41, 5.74) is 7.75. The Morgan fingerprint density at radius 3 is 2.71 bits per heavy atom. The first kappa shape index (κ1) is 14.0. The van der Waals surface area contributed by atoms with Crippen molar-refractivity contribution < 1.29 is 13.6 Å². The molecule has 3 nitrogen and oxygen atoms in total. The Kier molecular flexibility index (Phi) is 3.43. The molecule has 0 bridgehead atoms. The summed E-state index contributed by atoms with van der Waals surface area (Å²) in [6, 6.07) is 5.76. The van der Waals surface area contributed by atoms with Crippen LogP contribution in [0.4, 0.5) is 8.78 Å². The monoisotopic (exact) mass is 292 g/mol. The minimum Gasteiger partial charge on any atom is -0.366 e. The van der Waals surface area contributed by atoms with Gasteiger partial charge in [0.2, 0.25) is 5.92 Å². The van der Waals surface area contributed by atoms with Gasteiger partial charge >= 0.3 is 0 Å². The summed E-state index contributed by atoms with van der Waals surface area (Å²) in [4.78, 5) is 14.5. The van der Waals surface area contributed by atoms with Crippen molar-refractivity contribution in [1.82, 2.24) is 4.98 Å². The van der Waals surface area contributed by atoms with Gasteiger partial charge in [-0.15, -0.1) is 0 Å². The van der Waals surface area contributed by atoms with Gasteiger partial charge in [0.1, 0.15) is 0 Å². The van der Waals surface area contributed by atoms with E-state index in [4.69, 9.17) is 5.73 Å². The van der Waals surface area contributed by atoms with Gasteiger partial charge in [0, 0.05) is 29.9 Å². The molecule has 1 fully saturated rings. The van der Waals surface area contributed by atoms with Crippen LogP contribution in [-0.4, -0.2) is 16.8 Å². The number of nitrogens with two attached hydrogens (primary N) is 1. The van der Waals surface area contributed by atoms with Crippen molar-refractivity contribution in [3.8, 4) is 0 Å². The lowest BCUT2D eigenvalue weighted by Gasteiger charge is -2.28. The molecule has 21 heavy (non-hydrogen) atoms. The minimum atomic E-state index is -2.50. The zero-order valence-corrected chi connectivity index (χ0v) is 11.7. The number of alkyl halides is 2. The van der Waals surface area contributed by atoms with E-state index in [1.807, 2.05) is 18.2 Å². The smallest absolute Gasteiger partial charge is 0.250 e. The zero-order chi connectivity index (χ0) is 15.0. The highest BCUT2D eigenvalue weighted by atomic mass is 19.3. The van der Waals surface area contributed by atoms with Crippen LogP contribution in [-0.2, 0) is 6.42 Å². The Hall–Kier alpha value is -1.91. The van der Waals surface area contributed by atoms with Crippen LogP contribution in [0.2, 0.25) is 0 Å². The van der Waals surface area contributed by atoms with Crippen molar-refractivity contribution in [3.05, 3.63) is 35.5 Å². The third-order valence-electron chi connectivity index (χ3n) is 4.40. The SMILES string of the molecule is NC(=O)c1c[nH]c2cccc(CC3CCC(F)(F)CC3)c12. The molecule has 0 unspecified atom stereocenters. The summed E-state index contributed by atoms with van der Waals surface area (Å²) in [5, 5.41) is 0.835. The number of aromatic nitrogens is 1. The van der Waals surface area contributed by atoms with Gasteiger partial charge in [-0.2, -0.15) is 0 Å². The second kappa shape index (κ2) is 5.13. The number of halogens is 2. The molecule has 0 saturated heterocycles. The van der Waals surface area contributed by atoms with E-state index in [1.165, 1.54) is 0 Å². The average molecular weight is 292 g/mol. The van der Waals surface area contributed by atoms with Gasteiger partial charge in [0.15, 0.2) is 0 Å². The standard InChI is InChI=1S/C16H18F2N2O/c17-16(18)6-4-10(5-7-16)8-11-2-1-3-13-14(11)12(9-20-13)15(19)21/h1-3,9-10,20H,4-8H2,(H2,19,21). The number of amides is 1. The maximum Gasteiger partial charge on any atom is 0.250 e. The molecular formula is C16H18F2N2O. The summed E-state index contributed by atoms with van der Waals surface area (Å²) in [6.45, 7) is 0. The molecule has 1 saturated carbocycles. The van der Waals surface area contributed by atoms with E-state index in [-0.39, 0.29) is 18.8 Å². The molecule has 3 rings (SSSR count). The third kappa shape index (κ3) is 2.77. The maximum absolute atomic E-state index is 13.2. The summed E-state index contributed by atoms with van der Waals surface area (Å²) in [5.74, 6) is -2.73. The highest BCUT2D eigenvalue weighted by Gasteiger charge is 2.35. The average Bonchev–Trinajstić information content (AvgIpc) is 2.86. The topological polar surface area (TPSA) is 58.9 Å². The van der Waals surface area contributed by atoms with E-state index in [0.717, 1.165) is 16.5 Å². The van der Waals surface area contributed by atoms with Gasteiger partial charge in [0.05, 0.1) is 5.56 Å².